The Bertz CT molecular complexity index is 1030. The normalized spacial score (nSPS) is 13.4. The molecule has 0 atom stereocenters. The van der Waals surface area contributed by atoms with E-state index in [0.29, 0.717) is 11.8 Å². The van der Waals surface area contributed by atoms with Crippen LogP contribution >= 0.6 is 0 Å². The number of allylic oxidation sites excluding steroid dienone is 1. The summed E-state index contributed by atoms with van der Waals surface area (Å²) in [5, 5.41) is 0. The minimum atomic E-state index is 0.520. The molecule has 28 heavy (non-hydrogen) atoms. The summed E-state index contributed by atoms with van der Waals surface area (Å²) in [6.45, 7) is 13.4. The molecule has 0 fully saturated rings. The van der Waals surface area contributed by atoms with Crippen molar-refractivity contribution < 1.29 is 4.42 Å². The molecule has 1 aromatic heterocycles. The Balaban J connectivity index is 1.89. The minimum absolute atomic E-state index is 0.520. The molecule has 1 heteroatoms. The highest BCUT2D eigenvalue weighted by molar-refractivity contribution is 5.94. The number of fused-ring (bicyclic) bond motifs is 1. The summed E-state index contributed by atoms with van der Waals surface area (Å²) in [7, 11) is 0. The van der Waals surface area contributed by atoms with Crippen molar-refractivity contribution in [2.75, 3.05) is 0 Å². The number of benzene rings is 2. The lowest BCUT2D eigenvalue weighted by atomic mass is 9.87. The van der Waals surface area contributed by atoms with Gasteiger partial charge in [0.1, 0.15) is 11.5 Å². The molecule has 2 aromatic carbocycles. The van der Waals surface area contributed by atoms with Gasteiger partial charge in [-0.3, -0.25) is 0 Å². The van der Waals surface area contributed by atoms with Crippen molar-refractivity contribution in [1.29, 1.82) is 0 Å². The number of hydrogen-bond acceptors (Lipinski definition) is 1. The van der Waals surface area contributed by atoms with Crippen LogP contribution in [0.5, 0.6) is 0 Å². The highest BCUT2D eigenvalue weighted by atomic mass is 16.3. The smallest absolute Gasteiger partial charge is 0.130 e. The number of hydrogen-bond donors (Lipinski definition) is 0. The van der Waals surface area contributed by atoms with Gasteiger partial charge in [0.05, 0.1) is 0 Å². The maximum atomic E-state index is 5.91. The quantitative estimate of drug-likeness (QED) is 0.455. The van der Waals surface area contributed by atoms with Crippen LogP contribution in [-0.4, -0.2) is 0 Å². The van der Waals surface area contributed by atoms with Gasteiger partial charge in [-0.25, -0.2) is 0 Å². The van der Waals surface area contributed by atoms with Crippen LogP contribution in [0.2, 0.25) is 0 Å². The molecular formula is C27H30O. The average Bonchev–Trinajstić information content (AvgIpc) is 3.27. The summed E-state index contributed by atoms with van der Waals surface area (Å²) >= 11 is 0. The molecule has 1 aliphatic carbocycles. The topological polar surface area (TPSA) is 13.1 Å². The molecule has 0 radical (unpaired) electrons. The minimum Gasteiger partial charge on any atom is -0.462 e. The molecule has 1 aliphatic rings. The van der Waals surface area contributed by atoms with Gasteiger partial charge in [0.25, 0.3) is 0 Å². The summed E-state index contributed by atoms with van der Waals surface area (Å²) in [4.78, 5) is 0. The van der Waals surface area contributed by atoms with Crippen LogP contribution in [0, 0.1) is 13.8 Å². The van der Waals surface area contributed by atoms with Crippen LogP contribution in [0.1, 0.15) is 78.9 Å². The van der Waals surface area contributed by atoms with Gasteiger partial charge in [-0.15, -0.1) is 0 Å². The molecule has 0 amide bonds. The maximum absolute atomic E-state index is 5.91. The van der Waals surface area contributed by atoms with Crippen molar-refractivity contribution in [2.45, 2.75) is 59.8 Å². The molecule has 3 aromatic rings. The fourth-order valence-electron chi connectivity index (χ4n) is 4.16. The molecule has 0 bridgehead atoms. The number of aryl methyl sites for hydroxylation is 2. The molecule has 0 saturated heterocycles. The third-order valence-corrected chi connectivity index (χ3v) is 5.90. The molecule has 0 spiro atoms. The van der Waals surface area contributed by atoms with Gasteiger partial charge < -0.3 is 4.42 Å². The van der Waals surface area contributed by atoms with E-state index in [1.54, 1.807) is 0 Å². The van der Waals surface area contributed by atoms with Crippen molar-refractivity contribution in [2.24, 2.45) is 0 Å². The van der Waals surface area contributed by atoms with Crippen LogP contribution in [0.3, 0.4) is 0 Å². The van der Waals surface area contributed by atoms with Gasteiger partial charge >= 0.3 is 0 Å². The van der Waals surface area contributed by atoms with Crippen molar-refractivity contribution in [1.82, 2.24) is 0 Å². The Morgan fingerprint density at radius 3 is 2.07 bits per heavy atom. The van der Waals surface area contributed by atoms with Crippen LogP contribution in [0.15, 0.2) is 46.9 Å². The van der Waals surface area contributed by atoms with Gasteiger partial charge in [0.15, 0.2) is 0 Å². The molecular weight excluding hydrogens is 340 g/mol. The highest BCUT2D eigenvalue weighted by Gasteiger charge is 2.22. The number of furan rings is 1. The van der Waals surface area contributed by atoms with E-state index in [2.05, 4.69) is 77.1 Å². The first-order valence-electron chi connectivity index (χ1n) is 10.4. The lowest BCUT2D eigenvalue weighted by Crippen LogP contribution is -1.97. The van der Waals surface area contributed by atoms with Crippen LogP contribution in [-0.2, 0) is 6.42 Å². The molecule has 0 unspecified atom stereocenters. The van der Waals surface area contributed by atoms with Crippen LogP contribution in [0.4, 0.5) is 0 Å². The van der Waals surface area contributed by atoms with E-state index in [1.165, 1.54) is 44.5 Å². The molecule has 1 heterocycles. The molecule has 4 rings (SSSR count). The van der Waals surface area contributed by atoms with E-state index < -0.39 is 0 Å². The van der Waals surface area contributed by atoms with Gasteiger partial charge in [-0.2, -0.15) is 0 Å². The second kappa shape index (κ2) is 7.13. The highest BCUT2D eigenvalue weighted by Crippen LogP contribution is 2.41. The Morgan fingerprint density at radius 1 is 0.821 bits per heavy atom. The van der Waals surface area contributed by atoms with Gasteiger partial charge in [-0.05, 0) is 88.4 Å². The lowest BCUT2D eigenvalue weighted by Gasteiger charge is -2.18. The first-order valence-corrected chi connectivity index (χ1v) is 10.4. The monoisotopic (exact) mass is 370 g/mol. The summed E-state index contributed by atoms with van der Waals surface area (Å²) in [5.74, 6) is 3.00. The predicted molar refractivity (Wildman–Crippen MR) is 120 cm³/mol. The van der Waals surface area contributed by atoms with Crippen molar-refractivity contribution in [3.05, 3.63) is 81.8 Å². The van der Waals surface area contributed by atoms with E-state index in [9.17, 15) is 0 Å². The van der Waals surface area contributed by atoms with E-state index in [0.717, 1.165) is 17.9 Å². The van der Waals surface area contributed by atoms with Gasteiger partial charge in [0.2, 0.25) is 0 Å². The summed E-state index contributed by atoms with van der Waals surface area (Å²) in [6, 6.07) is 15.9. The zero-order chi connectivity index (χ0) is 20.0. The number of rotatable bonds is 4. The van der Waals surface area contributed by atoms with Crippen molar-refractivity contribution >= 4 is 11.6 Å². The molecule has 1 nitrogen and oxygen atoms in total. The average molecular weight is 371 g/mol. The van der Waals surface area contributed by atoms with E-state index in [1.807, 2.05) is 13.0 Å². The Kier molecular flexibility index (Phi) is 4.79. The second-order valence-corrected chi connectivity index (χ2v) is 8.78. The zero-order valence-corrected chi connectivity index (χ0v) is 17.9. The molecule has 0 N–H and O–H groups in total. The summed E-state index contributed by atoms with van der Waals surface area (Å²) in [6.07, 6.45) is 3.28. The fourth-order valence-corrected chi connectivity index (χ4v) is 4.16. The third-order valence-electron chi connectivity index (χ3n) is 5.90. The summed E-state index contributed by atoms with van der Waals surface area (Å²) < 4.78 is 5.91. The largest absolute Gasteiger partial charge is 0.462 e. The Labute approximate surface area is 169 Å². The Hall–Kier alpha value is -2.54. The van der Waals surface area contributed by atoms with Gasteiger partial charge in [-0.1, -0.05) is 58.0 Å². The standard InChI is InChI=1S/C27H30O/c1-16(2)21-12-22(17(3)4)14-24(13-21)27-18(5)7-9-20-11-23(15-25(20)27)26-10-8-19(6)28-26/h7-10,12-17H,11H2,1-6H3. The van der Waals surface area contributed by atoms with Crippen molar-refractivity contribution in [3.63, 3.8) is 0 Å². The maximum Gasteiger partial charge on any atom is 0.130 e. The zero-order valence-electron chi connectivity index (χ0n) is 17.9. The first kappa shape index (κ1) is 18.8. The van der Waals surface area contributed by atoms with Crippen LogP contribution in [0.25, 0.3) is 22.8 Å². The fraction of sp³-hybridized carbons (Fsp3) is 0.333. The summed E-state index contributed by atoms with van der Waals surface area (Å²) in [5.41, 5.74) is 10.9. The van der Waals surface area contributed by atoms with Gasteiger partial charge in [0, 0.05) is 6.42 Å². The molecule has 0 saturated carbocycles. The van der Waals surface area contributed by atoms with Crippen LogP contribution < -0.4 is 0 Å². The van der Waals surface area contributed by atoms with Crippen molar-refractivity contribution in [3.8, 4) is 11.1 Å². The third kappa shape index (κ3) is 3.35. The molecule has 144 valence electrons. The first-order chi connectivity index (χ1) is 13.3. The van der Waals surface area contributed by atoms with E-state index in [-0.39, 0.29) is 0 Å². The molecule has 0 aliphatic heterocycles. The predicted octanol–water partition coefficient (Wildman–Crippen LogP) is 7.91. The second-order valence-electron chi connectivity index (χ2n) is 8.78. The van der Waals surface area contributed by atoms with E-state index in [4.69, 9.17) is 4.42 Å². The Morgan fingerprint density at radius 2 is 1.50 bits per heavy atom. The SMILES string of the molecule is Cc1ccc(C2=Cc3c(ccc(C)c3-c3cc(C(C)C)cc(C(C)C)c3)C2)o1. The lowest BCUT2D eigenvalue weighted by molar-refractivity contribution is 0.521. The van der Waals surface area contributed by atoms with E-state index >= 15 is 0 Å².